The zero-order chi connectivity index (χ0) is 9.94. The van der Waals surface area contributed by atoms with Crippen molar-refractivity contribution in [2.24, 2.45) is 5.92 Å². The van der Waals surface area contributed by atoms with E-state index in [2.05, 4.69) is 4.74 Å². The lowest BCUT2D eigenvalue weighted by molar-refractivity contribution is -0.175. The number of ether oxygens (including phenoxy) is 1. The molecule has 2 nitrogen and oxygen atoms in total. The number of carbonyl (C=O) groups is 1. The van der Waals surface area contributed by atoms with Gasteiger partial charge in [0.15, 0.2) is 5.60 Å². The SMILES string of the molecule is CC(C)C(=O)OC(C)(C)C(F)F. The highest BCUT2D eigenvalue weighted by Gasteiger charge is 2.34. The number of esters is 1. The summed E-state index contributed by atoms with van der Waals surface area (Å²) in [7, 11) is 0. The number of carbonyl (C=O) groups excluding carboxylic acids is 1. The van der Waals surface area contributed by atoms with Gasteiger partial charge in [-0.3, -0.25) is 4.79 Å². The van der Waals surface area contributed by atoms with Gasteiger partial charge in [-0.2, -0.15) is 0 Å². The highest BCUT2D eigenvalue weighted by molar-refractivity contribution is 5.72. The van der Waals surface area contributed by atoms with E-state index in [-0.39, 0.29) is 5.92 Å². The Morgan fingerprint density at radius 2 is 1.75 bits per heavy atom. The Morgan fingerprint density at radius 3 is 2.00 bits per heavy atom. The first-order valence-electron chi connectivity index (χ1n) is 3.78. The molecule has 0 aromatic heterocycles. The van der Waals surface area contributed by atoms with Crippen LogP contribution in [0.2, 0.25) is 0 Å². The van der Waals surface area contributed by atoms with Gasteiger partial charge in [0.2, 0.25) is 0 Å². The molecular formula is C8H14F2O2. The standard InChI is InChI=1S/C8H14F2O2/c1-5(2)6(11)12-8(3,4)7(9)10/h5,7H,1-4H3. The van der Waals surface area contributed by atoms with Crippen LogP contribution in [0.3, 0.4) is 0 Å². The third-order valence-corrected chi connectivity index (χ3v) is 1.36. The van der Waals surface area contributed by atoms with Crippen LogP contribution in [0.15, 0.2) is 0 Å². The lowest BCUT2D eigenvalue weighted by Gasteiger charge is -2.24. The van der Waals surface area contributed by atoms with Crippen LogP contribution in [0.1, 0.15) is 27.7 Å². The fourth-order valence-electron chi connectivity index (χ4n) is 0.422. The van der Waals surface area contributed by atoms with E-state index in [9.17, 15) is 13.6 Å². The second kappa shape index (κ2) is 3.83. The average Bonchev–Trinajstić information content (AvgIpc) is 1.85. The first kappa shape index (κ1) is 11.3. The second-order valence-corrected chi connectivity index (χ2v) is 3.48. The Labute approximate surface area is 70.9 Å². The molecule has 0 aromatic carbocycles. The van der Waals surface area contributed by atoms with Crippen LogP contribution < -0.4 is 0 Å². The molecule has 4 heteroatoms. The van der Waals surface area contributed by atoms with Crippen LogP contribution in [-0.2, 0) is 9.53 Å². The van der Waals surface area contributed by atoms with E-state index in [1.807, 2.05) is 0 Å². The van der Waals surface area contributed by atoms with Crippen LogP contribution in [0.4, 0.5) is 8.78 Å². The summed E-state index contributed by atoms with van der Waals surface area (Å²) in [5, 5.41) is 0. The maximum absolute atomic E-state index is 12.2. The van der Waals surface area contributed by atoms with Crippen molar-refractivity contribution in [3.63, 3.8) is 0 Å². The lowest BCUT2D eigenvalue weighted by atomic mass is 10.1. The molecule has 0 spiro atoms. The van der Waals surface area contributed by atoms with Crippen molar-refractivity contribution in [3.05, 3.63) is 0 Å². The van der Waals surface area contributed by atoms with Gasteiger partial charge in [-0.05, 0) is 13.8 Å². The molecule has 0 heterocycles. The summed E-state index contributed by atoms with van der Waals surface area (Å²) < 4.78 is 28.9. The molecule has 0 radical (unpaired) electrons. The first-order chi connectivity index (χ1) is 5.27. The van der Waals surface area contributed by atoms with Crippen molar-refractivity contribution in [2.75, 3.05) is 0 Å². The van der Waals surface area contributed by atoms with Crippen LogP contribution in [0.5, 0.6) is 0 Å². The Bertz CT molecular complexity index is 164. The number of halogens is 2. The van der Waals surface area contributed by atoms with Gasteiger partial charge in [0, 0.05) is 0 Å². The number of hydrogen-bond acceptors (Lipinski definition) is 2. The molecule has 0 N–H and O–H groups in total. The lowest BCUT2D eigenvalue weighted by Crippen LogP contribution is -2.37. The molecule has 0 atom stereocenters. The number of hydrogen-bond donors (Lipinski definition) is 0. The molecule has 0 aliphatic rings. The summed E-state index contributed by atoms with van der Waals surface area (Å²) in [5.41, 5.74) is -1.68. The average molecular weight is 180 g/mol. The maximum atomic E-state index is 12.2. The minimum Gasteiger partial charge on any atom is -0.453 e. The number of rotatable bonds is 3. The first-order valence-corrected chi connectivity index (χ1v) is 3.78. The van der Waals surface area contributed by atoms with Gasteiger partial charge in [0.1, 0.15) is 0 Å². The van der Waals surface area contributed by atoms with Gasteiger partial charge >= 0.3 is 5.97 Å². The fraction of sp³-hybridized carbons (Fsp3) is 0.875. The molecule has 0 rings (SSSR count). The highest BCUT2D eigenvalue weighted by Crippen LogP contribution is 2.20. The van der Waals surface area contributed by atoms with Gasteiger partial charge in [0.25, 0.3) is 6.43 Å². The van der Waals surface area contributed by atoms with Gasteiger partial charge in [-0.1, -0.05) is 13.8 Å². The molecule has 0 aliphatic heterocycles. The molecule has 0 amide bonds. The predicted octanol–water partition coefficient (Wildman–Crippen LogP) is 2.23. The van der Waals surface area contributed by atoms with Crippen LogP contribution in [0.25, 0.3) is 0 Å². The molecule has 0 bridgehead atoms. The third-order valence-electron chi connectivity index (χ3n) is 1.36. The largest absolute Gasteiger partial charge is 0.453 e. The molecule has 0 fully saturated rings. The molecule has 0 aromatic rings. The van der Waals surface area contributed by atoms with Gasteiger partial charge in [0.05, 0.1) is 5.92 Å². The minimum atomic E-state index is -2.65. The molecule has 0 saturated carbocycles. The van der Waals surface area contributed by atoms with Crippen molar-refractivity contribution in [1.82, 2.24) is 0 Å². The summed E-state index contributed by atoms with van der Waals surface area (Å²) in [6, 6.07) is 0. The number of alkyl halides is 2. The van der Waals surface area contributed by atoms with E-state index in [4.69, 9.17) is 0 Å². The molecule has 12 heavy (non-hydrogen) atoms. The van der Waals surface area contributed by atoms with Crippen LogP contribution >= 0.6 is 0 Å². The van der Waals surface area contributed by atoms with E-state index in [0.29, 0.717) is 0 Å². The Kier molecular flexibility index (Phi) is 3.61. The summed E-state index contributed by atoms with van der Waals surface area (Å²) in [4.78, 5) is 10.9. The van der Waals surface area contributed by atoms with E-state index in [1.165, 1.54) is 13.8 Å². The highest BCUT2D eigenvalue weighted by atomic mass is 19.3. The Balaban J connectivity index is 4.15. The quantitative estimate of drug-likeness (QED) is 0.622. The normalized spacial score (nSPS) is 12.3. The van der Waals surface area contributed by atoms with E-state index < -0.39 is 18.0 Å². The zero-order valence-electron chi connectivity index (χ0n) is 7.73. The van der Waals surface area contributed by atoms with Crippen LogP contribution in [-0.4, -0.2) is 18.0 Å². The van der Waals surface area contributed by atoms with Gasteiger partial charge in [-0.15, -0.1) is 0 Å². The van der Waals surface area contributed by atoms with Crippen molar-refractivity contribution in [1.29, 1.82) is 0 Å². The van der Waals surface area contributed by atoms with Crippen molar-refractivity contribution in [3.8, 4) is 0 Å². The molecule has 0 unspecified atom stereocenters. The Hall–Kier alpha value is -0.670. The molecular weight excluding hydrogens is 166 g/mol. The van der Waals surface area contributed by atoms with E-state index >= 15 is 0 Å². The summed E-state index contributed by atoms with van der Waals surface area (Å²) in [6.45, 7) is 5.59. The third kappa shape index (κ3) is 3.15. The summed E-state index contributed by atoms with van der Waals surface area (Å²) in [6.07, 6.45) is -2.65. The summed E-state index contributed by atoms with van der Waals surface area (Å²) >= 11 is 0. The maximum Gasteiger partial charge on any atom is 0.309 e. The van der Waals surface area contributed by atoms with Crippen molar-refractivity contribution >= 4 is 5.97 Å². The topological polar surface area (TPSA) is 26.3 Å². The van der Waals surface area contributed by atoms with Crippen molar-refractivity contribution < 1.29 is 18.3 Å². The second-order valence-electron chi connectivity index (χ2n) is 3.48. The van der Waals surface area contributed by atoms with E-state index in [0.717, 1.165) is 0 Å². The zero-order valence-corrected chi connectivity index (χ0v) is 7.73. The van der Waals surface area contributed by atoms with Crippen LogP contribution in [0, 0.1) is 5.92 Å². The summed E-state index contributed by atoms with van der Waals surface area (Å²) in [5.74, 6) is -0.969. The van der Waals surface area contributed by atoms with Gasteiger partial charge < -0.3 is 4.74 Å². The Morgan fingerprint density at radius 1 is 1.33 bits per heavy atom. The van der Waals surface area contributed by atoms with Gasteiger partial charge in [-0.25, -0.2) is 8.78 Å². The smallest absolute Gasteiger partial charge is 0.309 e. The fourth-order valence-corrected chi connectivity index (χ4v) is 0.422. The monoisotopic (exact) mass is 180 g/mol. The van der Waals surface area contributed by atoms with E-state index in [1.54, 1.807) is 13.8 Å². The molecule has 0 aliphatic carbocycles. The minimum absolute atomic E-state index is 0.372. The van der Waals surface area contributed by atoms with Crippen molar-refractivity contribution in [2.45, 2.75) is 39.7 Å². The molecule has 0 saturated heterocycles. The predicted molar refractivity (Wildman–Crippen MR) is 41.0 cm³/mol. The molecule has 72 valence electrons.